The van der Waals surface area contributed by atoms with Crippen LogP contribution >= 0.6 is 0 Å². The van der Waals surface area contributed by atoms with E-state index in [4.69, 9.17) is 4.74 Å². The van der Waals surface area contributed by atoms with Gasteiger partial charge in [0.1, 0.15) is 0 Å². The first-order valence-electron chi connectivity index (χ1n) is 8.40. The minimum absolute atomic E-state index is 0.180. The average molecular weight is 335 g/mol. The smallest absolute Gasteiger partial charge is 0.306 e. The predicted molar refractivity (Wildman–Crippen MR) is 97.7 cm³/mol. The Labute approximate surface area is 146 Å². The number of hydrogen-bond acceptors (Lipinski definition) is 3. The maximum atomic E-state index is 12.3. The number of aromatic nitrogens is 1. The molecule has 0 saturated carbocycles. The van der Waals surface area contributed by atoms with Crippen molar-refractivity contribution in [1.82, 2.24) is 4.98 Å². The van der Waals surface area contributed by atoms with Crippen molar-refractivity contribution in [2.75, 3.05) is 0 Å². The van der Waals surface area contributed by atoms with Crippen LogP contribution in [0.3, 0.4) is 0 Å². The molecule has 3 rings (SSSR count). The van der Waals surface area contributed by atoms with Crippen molar-refractivity contribution in [2.45, 2.75) is 32.8 Å². The number of para-hydroxylation sites is 1. The normalized spacial score (nSPS) is 12.1. The van der Waals surface area contributed by atoms with Crippen LogP contribution in [0.4, 0.5) is 0 Å². The lowest BCUT2D eigenvalue weighted by Gasteiger charge is -2.12. The Morgan fingerprint density at radius 1 is 1.08 bits per heavy atom. The van der Waals surface area contributed by atoms with Crippen molar-refractivity contribution >= 4 is 22.7 Å². The standard InChI is InChI=1S/C21H21NO3/c1-14-7-9-16(10-8-14)21(24)15(2)25-20(23)12-11-17-13-22-19-6-4-3-5-18(17)19/h3-10,13,15,22H,11-12H2,1-2H3. The maximum Gasteiger partial charge on any atom is 0.306 e. The second-order valence-corrected chi connectivity index (χ2v) is 6.22. The van der Waals surface area contributed by atoms with E-state index in [0.717, 1.165) is 22.0 Å². The number of hydrogen-bond donors (Lipinski definition) is 1. The quantitative estimate of drug-likeness (QED) is 0.542. The fourth-order valence-corrected chi connectivity index (χ4v) is 2.84. The zero-order valence-corrected chi connectivity index (χ0v) is 14.4. The third-order valence-corrected chi connectivity index (χ3v) is 4.29. The van der Waals surface area contributed by atoms with E-state index in [1.807, 2.05) is 49.5 Å². The molecule has 2 aromatic carbocycles. The fourth-order valence-electron chi connectivity index (χ4n) is 2.84. The molecule has 0 amide bonds. The molecule has 0 radical (unpaired) electrons. The molecule has 0 fully saturated rings. The number of carbonyl (C=O) groups is 2. The number of benzene rings is 2. The molecule has 1 aromatic heterocycles. The summed E-state index contributed by atoms with van der Waals surface area (Å²) in [7, 11) is 0. The summed E-state index contributed by atoms with van der Waals surface area (Å²) < 4.78 is 5.31. The number of fused-ring (bicyclic) bond motifs is 1. The molecule has 0 saturated heterocycles. The molecule has 0 bridgehead atoms. The van der Waals surface area contributed by atoms with Crippen LogP contribution in [-0.2, 0) is 16.0 Å². The first-order chi connectivity index (χ1) is 12.0. The molecule has 4 nitrogen and oxygen atoms in total. The van der Waals surface area contributed by atoms with Gasteiger partial charge in [-0.3, -0.25) is 9.59 Å². The Balaban J connectivity index is 1.56. The van der Waals surface area contributed by atoms with Gasteiger partial charge >= 0.3 is 5.97 Å². The summed E-state index contributed by atoms with van der Waals surface area (Å²) in [5.41, 5.74) is 3.77. The highest BCUT2D eigenvalue weighted by Gasteiger charge is 2.19. The van der Waals surface area contributed by atoms with Crippen LogP contribution in [0.1, 0.15) is 34.8 Å². The Morgan fingerprint density at radius 2 is 1.80 bits per heavy atom. The lowest BCUT2D eigenvalue weighted by atomic mass is 10.1. The monoisotopic (exact) mass is 335 g/mol. The molecule has 0 spiro atoms. The number of carbonyl (C=O) groups excluding carboxylic acids is 2. The van der Waals surface area contributed by atoms with Crippen molar-refractivity contribution in [3.05, 3.63) is 71.4 Å². The molecule has 0 aliphatic rings. The van der Waals surface area contributed by atoms with Crippen LogP contribution in [0.2, 0.25) is 0 Å². The number of ketones is 1. The predicted octanol–water partition coefficient (Wildman–Crippen LogP) is 4.22. The summed E-state index contributed by atoms with van der Waals surface area (Å²) in [5.74, 6) is -0.543. The molecule has 0 aliphatic carbocycles. The van der Waals surface area contributed by atoms with Crippen LogP contribution in [0.25, 0.3) is 10.9 Å². The molecule has 1 N–H and O–H groups in total. The summed E-state index contributed by atoms with van der Waals surface area (Å²) in [6, 6.07) is 15.2. The average Bonchev–Trinajstić information content (AvgIpc) is 3.03. The molecule has 0 aliphatic heterocycles. The molecule has 128 valence electrons. The maximum absolute atomic E-state index is 12.3. The zero-order chi connectivity index (χ0) is 17.8. The topological polar surface area (TPSA) is 59.2 Å². The molecular weight excluding hydrogens is 314 g/mol. The van der Waals surface area contributed by atoms with E-state index in [1.165, 1.54) is 0 Å². The Morgan fingerprint density at radius 3 is 2.56 bits per heavy atom. The summed E-state index contributed by atoms with van der Waals surface area (Å²) in [6.07, 6.45) is 1.96. The SMILES string of the molecule is Cc1ccc(C(=O)C(C)OC(=O)CCc2c[nH]c3ccccc23)cc1. The van der Waals surface area contributed by atoms with Crippen LogP contribution < -0.4 is 0 Å². The van der Waals surface area contributed by atoms with E-state index in [9.17, 15) is 9.59 Å². The lowest BCUT2D eigenvalue weighted by molar-refractivity contribution is -0.146. The summed E-state index contributed by atoms with van der Waals surface area (Å²) in [4.78, 5) is 27.6. The molecule has 3 aromatic rings. The number of H-pyrrole nitrogens is 1. The minimum atomic E-state index is -0.779. The van der Waals surface area contributed by atoms with Crippen LogP contribution in [0.5, 0.6) is 0 Å². The molecule has 4 heteroatoms. The molecule has 25 heavy (non-hydrogen) atoms. The van der Waals surface area contributed by atoms with Gasteiger partial charge in [-0.2, -0.15) is 0 Å². The molecular formula is C21H21NO3. The highest BCUT2D eigenvalue weighted by atomic mass is 16.5. The number of rotatable bonds is 6. The number of aromatic amines is 1. The van der Waals surface area contributed by atoms with E-state index in [-0.39, 0.29) is 18.2 Å². The summed E-state index contributed by atoms with van der Waals surface area (Å²) >= 11 is 0. The Bertz CT molecular complexity index is 893. The van der Waals surface area contributed by atoms with Crippen molar-refractivity contribution in [3.63, 3.8) is 0 Å². The van der Waals surface area contributed by atoms with E-state index >= 15 is 0 Å². The highest BCUT2D eigenvalue weighted by Crippen LogP contribution is 2.19. The first-order valence-corrected chi connectivity index (χ1v) is 8.40. The summed E-state index contributed by atoms with van der Waals surface area (Å²) in [6.45, 7) is 3.58. The van der Waals surface area contributed by atoms with Gasteiger partial charge < -0.3 is 9.72 Å². The van der Waals surface area contributed by atoms with Gasteiger partial charge in [0.05, 0.1) is 0 Å². The number of aryl methyl sites for hydroxylation is 2. The van der Waals surface area contributed by atoms with Crippen molar-refractivity contribution in [1.29, 1.82) is 0 Å². The van der Waals surface area contributed by atoms with E-state index in [2.05, 4.69) is 4.98 Å². The second kappa shape index (κ2) is 7.34. The first kappa shape index (κ1) is 17.0. The lowest BCUT2D eigenvalue weighted by Crippen LogP contribution is -2.24. The van der Waals surface area contributed by atoms with Crippen molar-refractivity contribution in [3.8, 4) is 0 Å². The number of esters is 1. The number of nitrogens with one attached hydrogen (secondary N) is 1. The molecule has 1 heterocycles. The van der Waals surface area contributed by atoms with Gasteiger partial charge in [-0.05, 0) is 31.9 Å². The number of ether oxygens (including phenoxy) is 1. The van der Waals surface area contributed by atoms with Crippen LogP contribution in [-0.4, -0.2) is 22.8 Å². The van der Waals surface area contributed by atoms with Gasteiger partial charge in [-0.15, -0.1) is 0 Å². The van der Waals surface area contributed by atoms with E-state index in [1.54, 1.807) is 19.1 Å². The van der Waals surface area contributed by atoms with Crippen molar-refractivity contribution in [2.24, 2.45) is 0 Å². The minimum Gasteiger partial charge on any atom is -0.454 e. The van der Waals surface area contributed by atoms with Crippen LogP contribution in [0.15, 0.2) is 54.7 Å². The Kier molecular flexibility index (Phi) is 4.98. The number of Topliss-reactive ketones (excluding diaryl/α,β-unsaturated/α-hetero) is 1. The van der Waals surface area contributed by atoms with E-state index in [0.29, 0.717) is 12.0 Å². The van der Waals surface area contributed by atoms with Gasteiger partial charge in [-0.25, -0.2) is 0 Å². The summed E-state index contributed by atoms with van der Waals surface area (Å²) in [5, 5.41) is 1.11. The van der Waals surface area contributed by atoms with Gasteiger partial charge in [0.15, 0.2) is 6.10 Å². The van der Waals surface area contributed by atoms with Crippen LogP contribution in [0, 0.1) is 6.92 Å². The van der Waals surface area contributed by atoms with Gasteiger partial charge in [0.25, 0.3) is 0 Å². The Hall–Kier alpha value is -2.88. The van der Waals surface area contributed by atoms with Gasteiger partial charge in [0, 0.05) is 29.1 Å². The second-order valence-electron chi connectivity index (χ2n) is 6.22. The largest absolute Gasteiger partial charge is 0.454 e. The highest BCUT2D eigenvalue weighted by molar-refractivity contribution is 6.00. The van der Waals surface area contributed by atoms with Gasteiger partial charge in [-0.1, -0.05) is 48.0 Å². The zero-order valence-electron chi connectivity index (χ0n) is 14.4. The van der Waals surface area contributed by atoms with Gasteiger partial charge in [0.2, 0.25) is 5.78 Å². The van der Waals surface area contributed by atoms with Crippen molar-refractivity contribution < 1.29 is 14.3 Å². The third-order valence-electron chi connectivity index (χ3n) is 4.29. The fraction of sp³-hybridized carbons (Fsp3) is 0.238. The molecule has 1 atom stereocenters. The molecule has 1 unspecified atom stereocenters. The third kappa shape index (κ3) is 3.97. The van der Waals surface area contributed by atoms with E-state index < -0.39 is 6.10 Å².